The summed E-state index contributed by atoms with van der Waals surface area (Å²) in [6.45, 7) is 6.42. The maximum absolute atomic E-state index is 12.4. The molecule has 0 saturated heterocycles. The molecule has 2 aromatic carbocycles. The molecule has 0 aliphatic carbocycles. The Morgan fingerprint density at radius 2 is 1.81 bits per heavy atom. The van der Waals surface area contributed by atoms with Crippen LogP contribution in [0.25, 0.3) is 5.69 Å². The van der Waals surface area contributed by atoms with E-state index < -0.39 is 0 Å². The Morgan fingerprint density at radius 1 is 1.12 bits per heavy atom. The number of carbonyl (C=O) groups is 1. The third-order valence-electron chi connectivity index (χ3n) is 4.36. The highest BCUT2D eigenvalue weighted by Crippen LogP contribution is 2.17. The van der Waals surface area contributed by atoms with Gasteiger partial charge >= 0.3 is 0 Å². The van der Waals surface area contributed by atoms with Gasteiger partial charge in [0.05, 0.1) is 11.4 Å². The van der Waals surface area contributed by atoms with Crippen LogP contribution in [0.1, 0.15) is 29.8 Å². The number of nitrogens with two attached hydrogens (primary N) is 1. The van der Waals surface area contributed by atoms with Gasteiger partial charge in [0.2, 0.25) is 0 Å². The van der Waals surface area contributed by atoms with Crippen LogP contribution in [-0.2, 0) is 4.79 Å². The van der Waals surface area contributed by atoms with Gasteiger partial charge in [0.1, 0.15) is 11.9 Å². The van der Waals surface area contributed by atoms with E-state index in [1.807, 2.05) is 67.7 Å². The van der Waals surface area contributed by atoms with Crippen molar-refractivity contribution in [2.45, 2.75) is 26.8 Å². The van der Waals surface area contributed by atoms with Gasteiger partial charge in [-0.05, 0) is 32.9 Å². The minimum Gasteiger partial charge on any atom is -0.333 e. The van der Waals surface area contributed by atoms with E-state index in [1.54, 1.807) is 4.68 Å². The zero-order chi connectivity index (χ0) is 18.5. The number of aryl methyl sites for hydroxylation is 2. The Balaban J connectivity index is 1.65. The Bertz CT molecular complexity index is 869. The first kappa shape index (κ1) is 17.9. The topological polar surface area (TPSA) is 63.5 Å². The van der Waals surface area contributed by atoms with Crippen LogP contribution in [-0.4, -0.2) is 22.2 Å². The molecule has 0 bridgehead atoms. The van der Waals surface area contributed by atoms with Crippen molar-refractivity contribution in [2.24, 2.45) is 0 Å². The van der Waals surface area contributed by atoms with Crippen molar-refractivity contribution in [3.63, 3.8) is 0 Å². The predicted molar refractivity (Wildman–Crippen MR) is 103 cm³/mol. The summed E-state index contributed by atoms with van der Waals surface area (Å²) in [5.74, 6) is 0.651. The molecule has 0 spiro atoms. The largest absolute Gasteiger partial charge is 0.333 e. The average molecular weight is 349 g/mol. The van der Waals surface area contributed by atoms with Crippen LogP contribution in [0, 0.1) is 13.8 Å². The molecule has 0 unspecified atom stereocenters. The number of nitrogens with one attached hydrogen (secondary N) is 1. The van der Waals surface area contributed by atoms with Crippen molar-refractivity contribution < 1.29 is 10.1 Å². The Kier molecular flexibility index (Phi) is 5.49. The summed E-state index contributed by atoms with van der Waals surface area (Å²) in [6, 6.07) is 20.4. The van der Waals surface area contributed by atoms with Gasteiger partial charge in [-0.3, -0.25) is 4.79 Å². The molecule has 5 nitrogen and oxygen atoms in total. The molecule has 3 rings (SSSR count). The lowest BCUT2D eigenvalue weighted by Crippen LogP contribution is -2.86. The second-order valence-electron chi connectivity index (χ2n) is 6.61. The molecule has 134 valence electrons. The van der Waals surface area contributed by atoms with E-state index in [4.69, 9.17) is 0 Å². The summed E-state index contributed by atoms with van der Waals surface area (Å²) in [7, 11) is 0. The SMILES string of the molecule is Cc1ccc(-n2nc(C)cc2NC(=O)C[NH2+][C@@H](C)c2ccccc2)cc1. The van der Waals surface area contributed by atoms with E-state index in [0.29, 0.717) is 12.4 Å². The third kappa shape index (κ3) is 4.37. The van der Waals surface area contributed by atoms with Crippen LogP contribution in [0.2, 0.25) is 0 Å². The summed E-state index contributed by atoms with van der Waals surface area (Å²) in [4.78, 5) is 12.4. The molecule has 0 radical (unpaired) electrons. The van der Waals surface area contributed by atoms with Gasteiger partial charge in [0.25, 0.3) is 5.91 Å². The maximum atomic E-state index is 12.4. The van der Waals surface area contributed by atoms with Crippen LogP contribution in [0.3, 0.4) is 0 Å². The molecule has 3 N–H and O–H groups in total. The normalized spacial score (nSPS) is 12.0. The Morgan fingerprint density at radius 3 is 2.50 bits per heavy atom. The number of nitrogens with zero attached hydrogens (tertiary/aromatic N) is 2. The molecular formula is C21H25N4O+. The standard InChI is InChI=1S/C21H24N4O/c1-15-9-11-19(12-10-15)25-20(13-16(2)24-25)23-21(26)14-22-17(3)18-7-5-4-6-8-18/h4-13,17,22H,14H2,1-3H3,(H,23,26)/p+1/t17-/m0/s1. The summed E-state index contributed by atoms with van der Waals surface area (Å²) >= 11 is 0. The molecule has 1 amide bonds. The van der Waals surface area contributed by atoms with Crippen LogP contribution in [0.5, 0.6) is 0 Å². The lowest BCUT2D eigenvalue weighted by atomic mass is 10.1. The Hall–Kier alpha value is -2.92. The molecule has 3 aromatic rings. The number of benzene rings is 2. The van der Waals surface area contributed by atoms with Gasteiger partial charge in [-0.1, -0.05) is 48.0 Å². The lowest BCUT2D eigenvalue weighted by molar-refractivity contribution is -0.682. The molecule has 1 heterocycles. The molecule has 0 fully saturated rings. The van der Waals surface area contributed by atoms with Crippen LogP contribution >= 0.6 is 0 Å². The van der Waals surface area contributed by atoms with Gasteiger partial charge in [-0.25, -0.2) is 4.68 Å². The van der Waals surface area contributed by atoms with Gasteiger partial charge in [-0.2, -0.15) is 5.10 Å². The highest BCUT2D eigenvalue weighted by atomic mass is 16.2. The second-order valence-corrected chi connectivity index (χ2v) is 6.61. The quantitative estimate of drug-likeness (QED) is 0.719. The van der Waals surface area contributed by atoms with Gasteiger partial charge in [0.15, 0.2) is 6.54 Å². The molecule has 5 heteroatoms. The van der Waals surface area contributed by atoms with E-state index >= 15 is 0 Å². The summed E-state index contributed by atoms with van der Waals surface area (Å²) in [6.07, 6.45) is 0. The molecule has 0 aliphatic heterocycles. The highest BCUT2D eigenvalue weighted by Gasteiger charge is 2.14. The van der Waals surface area contributed by atoms with E-state index in [1.165, 1.54) is 11.1 Å². The number of rotatable bonds is 6. The maximum Gasteiger partial charge on any atom is 0.280 e. The first-order chi connectivity index (χ1) is 12.5. The van der Waals surface area contributed by atoms with Crippen molar-refractivity contribution in [1.82, 2.24) is 9.78 Å². The fourth-order valence-corrected chi connectivity index (χ4v) is 2.84. The van der Waals surface area contributed by atoms with Gasteiger partial charge < -0.3 is 10.6 Å². The monoisotopic (exact) mass is 349 g/mol. The van der Waals surface area contributed by atoms with Crippen molar-refractivity contribution in [1.29, 1.82) is 0 Å². The van der Waals surface area contributed by atoms with Crippen LogP contribution < -0.4 is 10.6 Å². The summed E-state index contributed by atoms with van der Waals surface area (Å²) in [5, 5.41) is 9.51. The number of amides is 1. The average Bonchev–Trinajstić information content (AvgIpc) is 3.01. The second kappa shape index (κ2) is 7.97. The minimum atomic E-state index is -0.0407. The van der Waals surface area contributed by atoms with Crippen molar-refractivity contribution in [2.75, 3.05) is 11.9 Å². The van der Waals surface area contributed by atoms with Crippen molar-refractivity contribution in [3.8, 4) is 5.69 Å². The highest BCUT2D eigenvalue weighted by molar-refractivity contribution is 5.90. The fourth-order valence-electron chi connectivity index (χ4n) is 2.84. The zero-order valence-electron chi connectivity index (χ0n) is 15.4. The minimum absolute atomic E-state index is 0.0407. The molecule has 0 aliphatic rings. The van der Waals surface area contributed by atoms with E-state index in [2.05, 4.69) is 29.5 Å². The van der Waals surface area contributed by atoms with E-state index in [-0.39, 0.29) is 11.9 Å². The zero-order valence-corrected chi connectivity index (χ0v) is 15.4. The molecular weight excluding hydrogens is 324 g/mol. The van der Waals surface area contributed by atoms with Gasteiger partial charge in [-0.15, -0.1) is 0 Å². The van der Waals surface area contributed by atoms with Crippen LogP contribution in [0.4, 0.5) is 5.82 Å². The number of quaternary nitrogens is 1. The number of anilines is 1. The van der Waals surface area contributed by atoms with Gasteiger partial charge in [0, 0.05) is 11.6 Å². The first-order valence-electron chi connectivity index (χ1n) is 8.85. The van der Waals surface area contributed by atoms with E-state index in [0.717, 1.165) is 11.4 Å². The van der Waals surface area contributed by atoms with E-state index in [9.17, 15) is 4.79 Å². The van der Waals surface area contributed by atoms with Crippen molar-refractivity contribution >= 4 is 11.7 Å². The molecule has 1 aromatic heterocycles. The third-order valence-corrected chi connectivity index (χ3v) is 4.36. The number of carbonyl (C=O) groups excluding carboxylic acids is 1. The fraction of sp³-hybridized carbons (Fsp3) is 0.238. The number of hydrogen-bond acceptors (Lipinski definition) is 2. The first-order valence-corrected chi connectivity index (χ1v) is 8.85. The smallest absolute Gasteiger partial charge is 0.280 e. The van der Waals surface area contributed by atoms with Crippen molar-refractivity contribution in [3.05, 3.63) is 77.5 Å². The predicted octanol–water partition coefficient (Wildman–Crippen LogP) is 2.75. The summed E-state index contributed by atoms with van der Waals surface area (Å²) < 4.78 is 1.77. The number of hydrogen-bond donors (Lipinski definition) is 2. The molecule has 0 saturated carbocycles. The van der Waals surface area contributed by atoms with Crippen LogP contribution in [0.15, 0.2) is 60.7 Å². The molecule has 26 heavy (non-hydrogen) atoms. The number of aromatic nitrogens is 2. The summed E-state index contributed by atoms with van der Waals surface area (Å²) in [5.41, 5.74) is 4.19. The lowest BCUT2D eigenvalue weighted by Gasteiger charge is -2.12. The molecule has 1 atom stereocenters. The Labute approximate surface area is 154 Å².